The highest BCUT2D eigenvalue weighted by Crippen LogP contribution is 2.26. The molecule has 0 aliphatic carbocycles. The van der Waals surface area contributed by atoms with Crippen molar-refractivity contribution in [3.05, 3.63) is 26.6 Å². The van der Waals surface area contributed by atoms with Crippen molar-refractivity contribution in [1.82, 2.24) is 4.98 Å². The lowest BCUT2D eigenvalue weighted by Gasteiger charge is -2.07. The first-order chi connectivity index (χ1) is 6.06. The van der Waals surface area contributed by atoms with Crippen molar-refractivity contribution in [2.45, 2.75) is 18.7 Å². The predicted molar refractivity (Wildman–Crippen MR) is 59.3 cm³/mol. The lowest BCUT2D eigenvalue weighted by Crippen LogP contribution is -2.00. The zero-order chi connectivity index (χ0) is 10.0. The van der Waals surface area contributed by atoms with Crippen LogP contribution in [-0.4, -0.2) is 4.98 Å². The molecule has 0 radical (unpaired) electrons. The first-order valence-corrected chi connectivity index (χ1v) is 5.76. The second-order valence-corrected chi connectivity index (χ2v) is 4.20. The summed E-state index contributed by atoms with van der Waals surface area (Å²) in [6, 6.07) is 1.81. The van der Waals surface area contributed by atoms with Gasteiger partial charge in [0.05, 0.1) is 0 Å². The topological polar surface area (TPSA) is 12.9 Å². The van der Waals surface area contributed by atoms with Crippen molar-refractivity contribution in [2.24, 2.45) is 0 Å². The molecule has 0 saturated carbocycles. The van der Waals surface area contributed by atoms with Gasteiger partial charge in [0.1, 0.15) is 5.69 Å². The Morgan fingerprint density at radius 1 is 1.62 bits per heavy atom. The fraction of sp³-hybridized carbons (Fsp3) is 0.375. The summed E-state index contributed by atoms with van der Waals surface area (Å²) in [6.45, 7) is 1.72. The molecule has 1 nitrogen and oxygen atoms in total. The Morgan fingerprint density at radius 2 is 2.23 bits per heavy atom. The molecule has 0 aliphatic heterocycles. The van der Waals surface area contributed by atoms with Gasteiger partial charge in [-0.2, -0.15) is 0 Å². The van der Waals surface area contributed by atoms with Crippen LogP contribution in [0.2, 0.25) is 0 Å². The van der Waals surface area contributed by atoms with E-state index in [1.54, 1.807) is 6.92 Å². The Labute approximate surface area is 97.2 Å². The molecule has 0 aliphatic rings. The normalized spacial score (nSPS) is 10.9. The van der Waals surface area contributed by atoms with Crippen LogP contribution in [0.3, 0.4) is 0 Å². The van der Waals surface area contributed by atoms with Gasteiger partial charge in [-0.05, 0) is 41.1 Å². The number of alkyl halides is 3. The van der Waals surface area contributed by atoms with Crippen LogP contribution in [0.15, 0.2) is 6.07 Å². The highest BCUT2D eigenvalue weighted by Gasteiger charge is 2.16. The number of nitrogens with zero attached hydrogens (tertiary/aromatic N) is 1. The maximum Gasteiger partial charge on any atom is 0.281 e. The molecule has 72 valence electrons. The molecule has 1 rings (SSSR count). The molecule has 13 heavy (non-hydrogen) atoms. The van der Waals surface area contributed by atoms with Crippen molar-refractivity contribution < 1.29 is 8.78 Å². The molecule has 1 aromatic rings. The van der Waals surface area contributed by atoms with Crippen molar-refractivity contribution in [1.29, 1.82) is 0 Å². The fourth-order valence-corrected chi connectivity index (χ4v) is 2.66. The molecule has 1 aromatic heterocycles. The third kappa shape index (κ3) is 2.59. The summed E-state index contributed by atoms with van der Waals surface area (Å²) < 4.78 is 25.4. The molecule has 0 N–H and O–H groups in total. The van der Waals surface area contributed by atoms with Crippen LogP contribution >= 0.6 is 38.5 Å². The molecule has 0 aromatic carbocycles. The van der Waals surface area contributed by atoms with Crippen molar-refractivity contribution in [3.63, 3.8) is 0 Å². The quantitative estimate of drug-likeness (QED) is 0.576. The van der Waals surface area contributed by atoms with E-state index < -0.39 is 6.43 Å². The average molecular weight is 362 g/mol. The summed E-state index contributed by atoms with van der Waals surface area (Å²) in [5.41, 5.74) is 1.38. The molecular weight excluding hydrogens is 355 g/mol. The minimum atomic E-state index is -2.50. The Bertz CT molecular complexity index is 317. The molecule has 0 bridgehead atoms. The van der Waals surface area contributed by atoms with E-state index in [1.165, 1.54) is 0 Å². The van der Waals surface area contributed by atoms with Crippen LogP contribution < -0.4 is 0 Å². The van der Waals surface area contributed by atoms with Gasteiger partial charge in [0, 0.05) is 14.6 Å². The second-order valence-electron chi connectivity index (χ2n) is 2.56. The summed E-state index contributed by atoms with van der Waals surface area (Å²) in [6.07, 6.45) is -2.50. The van der Waals surface area contributed by atoms with Gasteiger partial charge in [0.15, 0.2) is 0 Å². The number of aryl methyl sites for hydroxylation is 1. The van der Waals surface area contributed by atoms with Gasteiger partial charge in [-0.15, -0.1) is 0 Å². The molecule has 5 heteroatoms. The first-order valence-electron chi connectivity index (χ1n) is 3.56. The summed E-state index contributed by atoms with van der Waals surface area (Å²) in [5.74, 6) is 0. The van der Waals surface area contributed by atoms with E-state index in [0.29, 0.717) is 14.6 Å². The van der Waals surface area contributed by atoms with Gasteiger partial charge in [-0.3, -0.25) is 4.98 Å². The molecule has 0 fully saturated rings. The Balaban J connectivity index is 3.27. The summed E-state index contributed by atoms with van der Waals surface area (Å²) >= 11 is 5.15. The molecule has 0 saturated heterocycles. The highest BCUT2D eigenvalue weighted by molar-refractivity contribution is 14.1. The predicted octanol–water partition coefficient (Wildman–Crippen LogP) is 3.83. The summed E-state index contributed by atoms with van der Waals surface area (Å²) in [7, 11) is 0. The number of rotatable bonds is 2. The molecule has 0 unspecified atom stereocenters. The summed E-state index contributed by atoms with van der Waals surface area (Å²) in [5, 5.41) is 0.578. The third-order valence-corrected chi connectivity index (χ3v) is 3.39. The number of hydrogen-bond acceptors (Lipinski definition) is 1. The van der Waals surface area contributed by atoms with Crippen molar-refractivity contribution in [3.8, 4) is 0 Å². The monoisotopic (exact) mass is 361 g/mol. The zero-order valence-electron chi connectivity index (χ0n) is 6.82. The smallest absolute Gasteiger partial charge is 0.251 e. The standard InChI is InChI=1S/C8H7BrF2IN/c1-4-2-5(3-9)6(12)7(13-4)8(10)11/h2,8H,3H2,1H3. The zero-order valence-corrected chi connectivity index (χ0v) is 10.6. The highest BCUT2D eigenvalue weighted by atomic mass is 127. The number of pyridine rings is 1. The first kappa shape index (κ1) is 11.3. The van der Waals surface area contributed by atoms with E-state index in [4.69, 9.17) is 0 Å². The van der Waals surface area contributed by atoms with Crippen LogP contribution in [0.1, 0.15) is 23.4 Å². The van der Waals surface area contributed by atoms with E-state index in [-0.39, 0.29) is 5.69 Å². The van der Waals surface area contributed by atoms with Gasteiger partial charge < -0.3 is 0 Å². The van der Waals surface area contributed by atoms with Gasteiger partial charge >= 0.3 is 0 Å². The molecular formula is C8H7BrF2IN. The average Bonchev–Trinajstić information content (AvgIpc) is 2.08. The maximum atomic E-state index is 12.4. The summed E-state index contributed by atoms with van der Waals surface area (Å²) in [4.78, 5) is 3.80. The van der Waals surface area contributed by atoms with E-state index in [1.807, 2.05) is 28.7 Å². The largest absolute Gasteiger partial charge is 0.281 e. The number of halogens is 4. The molecule has 0 spiro atoms. The Kier molecular flexibility index (Phi) is 4.03. The Hall–Kier alpha value is 0.220. The van der Waals surface area contributed by atoms with Crippen molar-refractivity contribution in [2.75, 3.05) is 0 Å². The minimum Gasteiger partial charge on any atom is -0.251 e. The number of aromatic nitrogens is 1. The van der Waals surface area contributed by atoms with Crippen LogP contribution in [0.5, 0.6) is 0 Å². The van der Waals surface area contributed by atoms with Crippen LogP contribution in [0.4, 0.5) is 8.78 Å². The van der Waals surface area contributed by atoms with E-state index in [0.717, 1.165) is 5.56 Å². The van der Waals surface area contributed by atoms with Crippen LogP contribution in [0.25, 0.3) is 0 Å². The third-order valence-electron chi connectivity index (χ3n) is 1.54. The maximum absolute atomic E-state index is 12.4. The van der Waals surface area contributed by atoms with Gasteiger partial charge in [0.2, 0.25) is 0 Å². The molecule has 0 atom stereocenters. The second kappa shape index (κ2) is 4.63. The van der Waals surface area contributed by atoms with E-state index >= 15 is 0 Å². The number of hydrogen-bond donors (Lipinski definition) is 0. The van der Waals surface area contributed by atoms with Gasteiger partial charge in [-0.1, -0.05) is 15.9 Å². The Morgan fingerprint density at radius 3 is 2.69 bits per heavy atom. The van der Waals surface area contributed by atoms with Crippen LogP contribution in [0, 0.1) is 10.5 Å². The molecule has 0 amide bonds. The molecule has 1 heterocycles. The fourth-order valence-electron chi connectivity index (χ4n) is 0.993. The lowest BCUT2D eigenvalue weighted by atomic mass is 10.2. The lowest BCUT2D eigenvalue weighted by molar-refractivity contribution is 0.144. The SMILES string of the molecule is Cc1cc(CBr)c(I)c(C(F)F)n1. The van der Waals surface area contributed by atoms with Crippen LogP contribution in [-0.2, 0) is 5.33 Å². The van der Waals surface area contributed by atoms with Gasteiger partial charge in [-0.25, -0.2) is 8.78 Å². The van der Waals surface area contributed by atoms with Crippen molar-refractivity contribution >= 4 is 38.5 Å². The van der Waals surface area contributed by atoms with E-state index in [2.05, 4.69) is 20.9 Å². The van der Waals surface area contributed by atoms with Gasteiger partial charge in [0.25, 0.3) is 6.43 Å². The minimum absolute atomic E-state index is 0.116. The van der Waals surface area contributed by atoms with E-state index in [9.17, 15) is 8.78 Å².